The van der Waals surface area contributed by atoms with Gasteiger partial charge in [0.25, 0.3) is 5.91 Å². The predicted molar refractivity (Wildman–Crippen MR) is 57.2 cm³/mol. The van der Waals surface area contributed by atoms with Crippen molar-refractivity contribution in [2.45, 2.75) is 0 Å². The van der Waals surface area contributed by atoms with Gasteiger partial charge in [0.1, 0.15) is 12.4 Å². The zero-order chi connectivity index (χ0) is 12.0. The smallest absolute Gasteiger partial charge is 0.325 e. The number of imide groups is 1. The number of hydrogen-bond donors (Lipinski definition) is 3. The Labute approximate surface area is 92.2 Å². The normalized spacial score (nSPS) is 9.38. The molecule has 0 aliphatic carbocycles. The van der Waals surface area contributed by atoms with Gasteiger partial charge < -0.3 is 15.2 Å². The van der Waals surface area contributed by atoms with Gasteiger partial charge in [-0.1, -0.05) is 0 Å². The Bertz CT molecular complexity index is 375. The standard InChI is InChI=1S/C10H12N2O4/c1-16-8-4-2-7(3-5-8)11-10(15)12-9(14)6-13/h2-5,13H,6H2,1H3,(H2,11,12,14,15). The number of hydrogen-bond acceptors (Lipinski definition) is 4. The number of ether oxygens (including phenoxy) is 1. The minimum Gasteiger partial charge on any atom is -0.497 e. The summed E-state index contributed by atoms with van der Waals surface area (Å²) in [6.07, 6.45) is 0. The second-order valence-corrected chi connectivity index (χ2v) is 2.89. The van der Waals surface area contributed by atoms with Crippen LogP contribution in [0, 0.1) is 0 Å². The third kappa shape index (κ3) is 3.58. The van der Waals surface area contributed by atoms with E-state index in [1.54, 1.807) is 24.3 Å². The number of methoxy groups -OCH3 is 1. The molecule has 0 aromatic heterocycles. The van der Waals surface area contributed by atoms with Gasteiger partial charge in [0, 0.05) is 5.69 Å². The minimum absolute atomic E-state index is 0.518. The SMILES string of the molecule is COc1ccc(NC(=O)NC(=O)CO)cc1. The Hall–Kier alpha value is -2.08. The first-order valence-electron chi connectivity index (χ1n) is 4.51. The zero-order valence-electron chi connectivity index (χ0n) is 8.69. The van der Waals surface area contributed by atoms with E-state index in [9.17, 15) is 9.59 Å². The highest BCUT2D eigenvalue weighted by Gasteiger charge is 2.05. The van der Waals surface area contributed by atoms with Crippen molar-refractivity contribution in [1.82, 2.24) is 5.32 Å². The number of rotatable bonds is 3. The monoisotopic (exact) mass is 224 g/mol. The molecular weight excluding hydrogens is 212 g/mol. The molecule has 0 aliphatic heterocycles. The molecule has 3 N–H and O–H groups in total. The number of nitrogens with one attached hydrogen (secondary N) is 2. The van der Waals surface area contributed by atoms with E-state index in [0.717, 1.165) is 0 Å². The lowest BCUT2D eigenvalue weighted by molar-refractivity contribution is -0.122. The summed E-state index contributed by atoms with van der Waals surface area (Å²) in [5.41, 5.74) is 0.518. The fourth-order valence-corrected chi connectivity index (χ4v) is 1.00. The number of carbonyl (C=O) groups is 2. The largest absolute Gasteiger partial charge is 0.497 e. The lowest BCUT2D eigenvalue weighted by Crippen LogP contribution is -2.36. The lowest BCUT2D eigenvalue weighted by Gasteiger charge is -2.06. The third-order valence-electron chi connectivity index (χ3n) is 1.74. The van der Waals surface area contributed by atoms with Gasteiger partial charge >= 0.3 is 6.03 Å². The van der Waals surface area contributed by atoms with Gasteiger partial charge in [-0.15, -0.1) is 0 Å². The van der Waals surface area contributed by atoms with E-state index in [-0.39, 0.29) is 0 Å². The van der Waals surface area contributed by atoms with Crippen LogP contribution in [0.25, 0.3) is 0 Å². The first-order valence-corrected chi connectivity index (χ1v) is 4.51. The fourth-order valence-electron chi connectivity index (χ4n) is 1.00. The third-order valence-corrected chi connectivity index (χ3v) is 1.74. The van der Waals surface area contributed by atoms with Crippen LogP contribution in [0.2, 0.25) is 0 Å². The van der Waals surface area contributed by atoms with E-state index in [1.807, 2.05) is 5.32 Å². The van der Waals surface area contributed by atoms with Gasteiger partial charge in [0.05, 0.1) is 7.11 Å². The number of aliphatic hydroxyl groups is 1. The van der Waals surface area contributed by atoms with Crippen LogP contribution in [-0.2, 0) is 4.79 Å². The van der Waals surface area contributed by atoms with E-state index in [0.29, 0.717) is 11.4 Å². The summed E-state index contributed by atoms with van der Waals surface area (Å²) < 4.78 is 4.94. The van der Waals surface area contributed by atoms with Gasteiger partial charge in [-0.2, -0.15) is 0 Å². The maximum absolute atomic E-state index is 11.2. The van der Waals surface area contributed by atoms with Crippen LogP contribution in [0.4, 0.5) is 10.5 Å². The topological polar surface area (TPSA) is 87.7 Å². The van der Waals surface area contributed by atoms with Crippen molar-refractivity contribution in [2.75, 3.05) is 19.0 Å². The summed E-state index contributed by atoms with van der Waals surface area (Å²) in [6.45, 7) is -0.726. The zero-order valence-corrected chi connectivity index (χ0v) is 8.69. The first kappa shape index (κ1) is 12.0. The summed E-state index contributed by atoms with van der Waals surface area (Å²) in [4.78, 5) is 21.8. The van der Waals surface area contributed by atoms with Crippen LogP contribution in [-0.4, -0.2) is 30.8 Å². The quantitative estimate of drug-likeness (QED) is 0.690. The highest BCUT2D eigenvalue weighted by Crippen LogP contribution is 2.14. The molecule has 0 radical (unpaired) electrons. The Morgan fingerprint density at radius 3 is 2.44 bits per heavy atom. The number of aliphatic hydroxyl groups excluding tert-OH is 1. The summed E-state index contributed by atoms with van der Waals surface area (Å²) in [5.74, 6) is -0.0941. The highest BCUT2D eigenvalue weighted by atomic mass is 16.5. The van der Waals surface area contributed by atoms with E-state index in [1.165, 1.54) is 7.11 Å². The molecule has 0 unspecified atom stereocenters. The van der Waals surface area contributed by atoms with E-state index < -0.39 is 18.5 Å². The van der Waals surface area contributed by atoms with Gasteiger partial charge in [-0.25, -0.2) is 4.79 Å². The summed E-state index contributed by atoms with van der Waals surface area (Å²) in [6, 6.07) is 5.90. The van der Waals surface area contributed by atoms with E-state index in [4.69, 9.17) is 9.84 Å². The van der Waals surface area contributed by atoms with Crippen LogP contribution in [0.5, 0.6) is 5.75 Å². The van der Waals surface area contributed by atoms with Crippen molar-refractivity contribution in [1.29, 1.82) is 0 Å². The lowest BCUT2D eigenvalue weighted by atomic mass is 10.3. The molecule has 6 nitrogen and oxygen atoms in total. The molecule has 6 heteroatoms. The Kier molecular flexibility index (Phi) is 4.28. The predicted octanol–water partition coefficient (Wildman–Crippen LogP) is 0.336. The van der Waals surface area contributed by atoms with Gasteiger partial charge in [0.2, 0.25) is 0 Å². The molecule has 0 saturated heterocycles. The fraction of sp³-hybridized carbons (Fsp3) is 0.200. The Morgan fingerprint density at radius 1 is 1.31 bits per heavy atom. The summed E-state index contributed by atoms with van der Waals surface area (Å²) in [5, 5.41) is 12.8. The Morgan fingerprint density at radius 2 is 1.94 bits per heavy atom. The number of benzene rings is 1. The molecule has 3 amide bonds. The second kappa shape index (κ2) is 5.72. The molecule has 0 heterocycles. The molecule has 1 aromatic carbocycles. The van der Waals surface area contributed by atoms with Gasteiger partial charge in [0.15, 0.2) is 0 Å². The number of urea groups is 1. The molecule has 0 aliphatic rings. The highest BCUT2D eigenvalue weighted by molar-refractivity contribution is 6.01. The average Bonchev–Trinajstić information content (AvgIpc) is 2.29. The van der Waals surface area contributed by atoms with Crippen LogP contribution >= 0.6 is 0 Å². The van der Waals surface area contributed by atoms with Crippen LogP contribution < -0.4 is 15.4 Å². The van der Waals surface area contributed by atoms with E-state index in [2.05, 4.69) is 5.32 Å². The molecule has 0 fully saturated rings. The van der Waals surface area contributed by atoms with Gasteiger partial charge in [-0.3, -0.25) is 10.1 Å². The van der Waals surface area contributed by atoms with E-state index >= 15 is 0 Å². The van der Waals surface area contributed by atoms with Crippen LogP contribution in [0.1, 0.15) is 0 Å². The van der Waals surface area contributed by atoms with Crippen LogP contribution in [0.15, 0.2) is 24.3 Å². The molecule has 1 rings (SSSR count). The molecule has 86 valence electrons. The average molecular weight is 224 g/mol. The number of anilines is 1. The van der Waals surface area contributed by atoms with Crippen molar-refractivity contribution in [2.24, 2.45) is 0 Å². The molecule has 0 spiro atoms. The minimum atomic E-state index is -0.758. The summed E-state index contributed by atoms with van der Waals surface area (Å²) in [7, 11) is 1.54. The molecule has 0 saturated carbocycles. The number of carbonyl (C=O) groups excluding carboxylic acids is 2. The van der Waals surface area contributed by atoms with Crippen molar-refractivity contribution < 1.29 is 19.4 Å². The van der Waals surface area contributed by atoms with Crippen molar-refractivity contribution in [3.8, 4) is 5.75 Å². The van der Waals surface area contributed by atoms with Crippen molar-refractivity contribution >= 4 is 17.6 Å². The molecule has 0 bridgehead atoms. The molecular formula is C10H12N2O4. The first-order chi connectivity index (χ1) is 7.65. The molecule has 1 aromatic rings. The van der Waals surface area contributed by atoms with Crippen molar-refractivity contribution in [3.63, 3.8) is 0 Å². The van der Waals surface area contributed by atoms with Gasteiger partial charge in [-0.05, 0) is 24.3 Å². The summed E-state index contributed by atoms with van der Waals surface area (Å²) >= 11 is 0. The molecule has 0 atom stereocenters. The van der Waals surface area contributed by atoms with Crippen molar-refractivity contribution in [3.05, 3.63) is 24.3 Å². The second-order valence-electron chi connectivity index (χ2n) is 2.89. The Balaban J connectivity index is 2.52. The maximum atomic E-state index is 11.2. The maximum Gasteiger partial charge on any atom is 0.325 e. The molecule has 16 heavy (non-hydrogen) atoms. The number of amides is 3. The van der Waals surface area contributed by atoms with Crippen LogP contribution in [0.3, 0.4) is 0 Å².